The first-order valence-corrected chi connectivity index (χ1v) is 9.79. The molecule has 0 unspecified atom stereocenters. The zero-order valence-electron chi connectivity index (χ0n) is 16.3. The zero-order valence-corrected chi connectivity index (χ0v) is 16.3. The highest BCUT2D eigenvalue weighted by atomic mass is 16.6. The number of amides is 2. The Labute approximate surface area is 173 Å². The number of morpholine rings is 1. The molecule has 0 saturated carbocycles. The molecule has 1 saturated heterocycles. The average Bonchev–Trinajstić information content (AvgIpc) is 2.79. The van der Waals surface area contributed by atoms with Crippen LogP contribution in [0.4, 0.5) is 5.69 Å². The molecule has 2 aromatic rings. The van der Waals surface area contributed by atoms with Gasteiger partial charge in [-0.2, -0.15) is 0 Å². The van der Waals surface area contributed by atoms with Crippen LogP contribution in [0.25, 0.3) is 0 Å². The van der Waals surface area contributed by atoms with Crippen molar-refractivity contribution >= 4 is 23.5 Å². The van der Waals surface area contributed by atoms with Crippen LogP contribution in [0.3, 0.4) is 0 Å². The first-order valence-electron chi connectivity index (χ1n) is 9.79. The molecule has 156 valence electrons. The molecule has 0 aliphatic carbocycles. The van der Waals surface area contributed by atoms with Crippen molar-refractivity contribution in [2.24, 2.45) is 0 Å². The van der Waals surface area contributed by atoms with Crippen molar-refractivity contribution in [1.29, 1.82) is 0 Å². The molecule has 2 atom stereocenters. The van der Waals surface area contributed by atoms with Gasteiger partial charge < -0.3 is 24.4 Å². The Morgan fingerprint density at radius 3 is 2.53 bits per heavy atom. The number of carbonyl (C=O) groups is 3. The molecule has 0 spiro atoms. The molecule has 8 heteroatoms. The summed E-state index contributed by atoms with van der Waals surface area (Å²) >= 11 is 0. The maximum absolute atomic E-state index is 13.0. The molecular formula is C22H22N2O6. The number of benzene rings is 2. The summed E-state index contributed by atoms with van der Waals surface area (Å²) in [6, 6.07) is 15.8. The number of fused-ring (bicyclic) bond motifs is 1. The van der Waals surface area contributed by atoms with E-state index in [-0.39, 0.29) is 12.3 Å². The lowest BCUT2D eigenvalue weighted by atomic mass is 10.1. The van der Waals surface area contributed by atoms with E-state index in [0.29, 0.717) is 43.3 Å². The third-order valence-corrected chi connectivity index (χ3v) is 4.96. The van der Waals surface area contributed by atoms with Crippen LogP contribution in [0.15, 0.2) is 54.6 Å². The highest BCUT2D eigenvalue weighted by Gasteiger charge is 2.34. The summed E-state index contributed by atoms with van der Waals surface area (Å²) in [4.78, 5) is 39.6. The lowest BCUT2D eigenvalue weighted by Crippen LogP contribution is -2.44. The first kappa shape index (κ1) is 19.9. The number of anilines is 1. The zero-order chi connectivity index (χ0) is 20.9. The minimum absolute atomic E-state index is 0.306. The third kappa shape index (κ3) is 4.44. The van der Waals surface area contributed by atoms with Crippen molar-refractivity contribution < 1.29 is 28.6 Å². The Hall–Kier alpha value is -3.39. The SMILES string of the molecule is O=C(C[C@H]1Oc2ccccc2NC1=O)O[C@H](C(=O)N1CCOCC1)c1ccccc1. The average molecular weight is 410 g/mol. The molecular weight excluding hydrogens is 388 g/mol. The largest absolute Gasteiger partial charge is 0.478 e. The fourth-order valence-electron chi connectivity index (χ4n) is 3.40. The molecule has 1 fully saturated rings. The highest BCUT2D eigenvalue weighted by Crippen LogP contribution is 2.30. The summed E-state index contributed by atoms with van der Waals surface area (Å²) in [5.74, 6) is -0.942. The predicted molar refractivity (Wildman–Crippen MR) is 107 cm³/mol. The van der Waals surface area contributed by atoms with Gasteiger partial charge in [-0.05, 0) is 12.1 Å². The number of para-hydroxylation sites is 2. The Balaban J connectivity index is 1.46. The summed E-state index contributed by atoms with van der Waals surface area (Å²) in [6.07, 6.45) is -2.42. The van der Waals surface area contributed by atoms with Crippen LogP contribution in [0, 0.1) is 0 Å². The Morgan fingerprint density at radius 1 is 1.07 bits per heavy atom. The fourth-order valence-corrected chi connectivity index (χ4v) is 3.40. The Morgan fingerprint density at radius 2 is 1.77 bits per heavy atom. The topological polar surface area (TPSA) is 94.2 Å². The van der Waals surface area contributed by atoms with Gasteiger partial charge in [-0.1, -0.05) is 42.5 Å². The van der Waals surface area contributed by atoms with Gasteiger partial charge in [0.05, 0.1) is 25.3 Å². The highest BCUT2D eigenvalue weighted by molar-refractivity contribution is 5.99. The second-order valence-electron chi connectivity index (χ2n) is 7.01. The van der Waals surface area contributed by atoms with Crippen LogP contribution < -0.4 is 10.1 Å². The van der Waals surface area contributed by atoms with Crippen LogP contribution in [-0.4, -0.2) is 55.1 Å². The van der Waals surface area contributed by atoms with E-state index in [1.165, 1.54) is 0 Å². The Kier molecular flexibility index (Phi) is 5.94. The maximum Gasteiger partial charge on any atom is 0.311 e. The minimum Gasteiger partial charge on any atom is -0.478 e. The van der Waals surface area contributed by atoms with Crippen LogP contribution in [-0.2, 0) is 23.9 Å². The molecule has 8 nitrogen and oxygen atoms in total. The number of hydrogen-bond acceptors (Lipinski definition) is 6. The third-order valence-electron chi connectivity index (χ3n) is 4.96. The summed E-state index contributed by atoms with van der Waals surface area (Å²) in [7, 11) is 0. The molecule has 2 aliphatic rings. The van der Waals surface area contributed by atoms with Crippen molar-refractivity contribution in [3.63, 3.8) is 0 Å². The number of rotatable bonds is 5. The molecule has 30 heavy (non-hydrogen) atoms. The van der Waals surface area contributed by atoms with Gasteiger partial charge in [0.2, 0.25) is 6.10 Å². The summed E-state index contributed by atoms with van der Waals surface area (Å²) in [5.41, 5.74) is 1.12. The van der Waals surface area contributed by atoms with Gasteiger partial charge >= 0.3 is 5.97 Å². The second kappa shape index (κ2) is 8.96. The first-order chi connectivity index (χ1) is 14.6. The molecule has 4 rings (SSSR count). The summed E-state index contributed by atoms with van der Waals surface area (Å²) < 4.78 is 16.5. The van der Waals surface area contributed by atoms with Gasteiger partial charge in [0.25, 0.3) is 11.8 Å². The van der Waals surface area contributed by atoms with E-state index >= 15 is 0 Å². The number of nitrogens with zero attached hydrogens (tertiary/aromatic N) is 1. The van der Waals surface area contributed by atoms with Gasteiger partial charge in [0, 0.05) is 18.7 Å². The molecule has 2 aromatic carbocycles. The number of carbonyl (C=O) groups excluding carboxylic acids is 3. The van der Waals surface area contributed by atoms with Crippen LogP contribution >= 0.6 is 0 Å². The van der Waals surface area contributed by atoms with E-state index in [0.717, 1.165) is 0 Å². The summed E-state index contributed by atoms with van der Waals surface area (Å²) in [5, 5.41) is 2.71. The molecule has 2 aliphatic heterocycles. The number of nitrogens with one attached hydrogen (secondary N) is 1. The molecule has 0 aromatic heterocycles. The standard InChI is InChI=1S/C22H22N2O6/c25-19(14-18-21(26)23-16-8-4-5-9-17(16)29-18)30-20(15-6-2-1-3-7-15)22(27)24-10-12-28-13-11-24/h1-9,18,20H,10-14H2,(H,23,26)/t18-,20+/m1/s1. The molecule has 0 radical (unpaired) electrons. The fraction of sp³-hybridized carbons (Fsp3) is 0.318. The normalized spacial score (nSPS) is 19.1. The van der Waals surface area contributed by atoms with Crippen molar-refractivity contribution in [2.75, 3.05) is 31.6 Å². The van der Waals surface area contributed by atoms with Gasteiger partial charge in [0.15, 0.2) is 6.10 Å². The summed E-state index contributed by atoms with van der Waals surface area (Å²) in [6.45, 7) is 1.75. The molecule has 1 N–H and O–H groups in total. The van der Waals surface area contributed by atoms with E-state index in [2.05, 4.69) is 5.32 Å². The van der Waals surface area contributed by atoms with Crippen LogP contribution in [0.5, 0.6) is 5.75 Å². The molecule has 0 bridgehead atoms. The van der Waals surface area contributed by atoms with E-state index in [1.807, 2.05) is 6.07 Å². The van der Waals surface area contributed by atoms with Crippen molar-refractivity contribution in [1.82, 2.24) is 4.90 Å². The minimum atomic E-state index is -1.09. The van der Waals surface area contributed by atoms with Gasteiger partial charge in [-0.3, -0.25) is 14.4 Å². The number of hydrogen-bond donors (Lipinski definition) is 1. The second-order valence-corrected chi connectivity index (χ2v) is 7.01. The smallest absolute Gasteiger partial charge is 0.311 e. The van der Waals surface area contributed by atoms with Gasteiger partial charge in [0.1, 0.15) is 5.75 Å². The quantitative estimate of drug-likeness (QED) is 0.757. The number of esters is 1. The van der Waals surface area contributed by atoms with Crippen molar-refractivity contribution in [3.05, 3.63) is 60.2 Å². The van der Waals surface area contributed by atoms with Crippen molar-refractivity contribution in [2.45, 2.75) is 18.6 Å². The predicted octanol–water partition coefficient (Wildman–Crippen LogP) is 1.92. The maximum atomic E-state index is 13.0. The van der Waals surface area contributed by atoms with E-state index in [4.69, 9.17) is 14.2 Å². The van der Waals surface area contributed by atoms with Crippen LogP contribution in [0.2, 0.25) is 0 Å². The van der Waals surface area contributed by atoms with Crippen LogP contribution in [0.1, 0.15) is 18.1 Å². The van der Waals surface area contributed by atoms with Crippen molar-refractivity contribution in [3.8, 4) is 5.75 Å². The lowest BCUT2D eigenvalue weighted by molar-refractivity contribution is -0.164. The number of ether oxygens (including phenoxy) is 3. The van der Waals surface area contributed by atoms with E-state index < -0.39 is 24.1 Å². The van der Waals surface area contributed by atoms with E-state index in [1.54, 1.807) is 53.4 Å². The molecule has 2 amide bonds. The molecule has 2 heterocycles. The van der Waals surface area contributed by atoms with E-state index in [9.17, 15) is 14.4 Å². The lowest BCUT2D eigenvalue weighted by Gasteiger charge is -2.30. The van der Waals surface area contributed by atoms with Gasteiger partial charge in [-0.15, -0.1) is 0 Å². The Bertz CT molecular complexity index is 926. The monoisotopic (exact) mass is 410 g/mol. The van der Waals surface area contributed by atoms with Gasteiger partial charge in [-0.25, -0.2) is 0 Å².